The van der Waals surface area contributed by atoms with E-state index in [2.05, 4.69) is 4.90 Å². The van der Waals surface area contributed by atoms with Gasteiger partial charge in [-0.05, 0) is 37.6 Å². The Balaban J connectivity index is 1.82. The molecule has 0 radical (unpaired) electrons. The lowest BCUT2D eigenvalue weighted by Gasteiger charge is -2.31. The molecule has 1 aliphatic carbocycles. The average Bonchev–Trinajstić information content (AvgIpc) is 2.82. The third-order valence-electron chi connectivity index (χ3n) is 3.15. The molecule has 1 nitrogen and oxygen atoms in total. The van der Waals surface area contributed by atoms with Crippen molar-refractivity contribution in [1.82, 2.24) is 4.90 Å². The second-order valence-electron chi connectivity index (χ2n) is 4.20. The summed E-state index contributed by atoms with van der Waals surface area (Å²) < 4.78 is 0. The number of rotatable bonds is 2. The fourth-order valence-electron chi connectivity index (χ4n) is 2.24. The monoisotopic (exact) mass is 185 g/mol. The number of hydrogen-bond donors (Lipinski definition) is 0. The van der Waals surface area contributed by atoms with Crippen molar-refractivity contribution in [3.63, 3.8) is 0 Å². The minimum absolute atomic E-state index is 0.748. The van der Waals surface area contributed by atoms with Gasteiger partial charge in [-0.2, -0.15) is 0 Å². The second kappa shape index (κ2) is 3.39. The summed E-state index contributed by atoms with van der Waals surface area (Å²) in [7, 11) is 0. The molecule has 0 aromatic heterocycles. The fraction of sp³-hybridized carbons (Fsp3) is 0.800. The van der Waals surface area contributed by atoms with Crippen LogP contribution < -0.4 is 0 Å². The molecule has 1 saturated carbocycles. The van der Waals surface area contributed by atoms with Gasteiger partial charge < -0.3 is 0 Å². The normalized spacial score (nSPS) is 28.4. The van der Waals surface area contributed by atoms with Crippen LogP contribution in [0.15, 0.2) is 11.6 Å². The van der Waals surface area contributed by atoms with E-state index in [9.17, 15) is 0 Å². The van der Waals surface area contributed by atoms with E-state index in [4.69, 9.17) is 11.6 Å². The SMILES string of the molecule is Cl/C=C/CN1CCCC2(CC2)C1. The Bertz CT molecular complexity index is 184. The largest absolute Gasteiger partial charge is 0.299 e. The molecule has 0 amide bonds. The van der Waals surface area contributed by atoms with Crippen LogP contribution >= 0.6 is 11.6 Å². The standard InChI is InChI=1S/C10H16ClN/c11-6-2-8-12-7-1-3-10(9-12)4-5-10/h2,6H,1,3-5,7-9H2/b6-2+. The Kier molecular flexibility index (Phi) is 2.42. The van der Waals surface area contributed by atoms with Gasteiger partial charge in [0.25, 0.3) is 0 Å². The molecule has 68 valence electrons. The highest BCUT2D eigenvalue weighted by molar-refractivity contribution is 6.25. The van der Waals surface area contributed by atoms with Crippen molar-refractivity contribution >= 4 is 11.6 Å². The zero-order valence-electron chi connectivity index (χ0n) is 7.43. The van der Waals surface area contributed by atoms with Gasteiger partial charge in [-0.15, -0.1) is 0 Å². The van der Waals surface area contributed by atoms with Gasteiger partial charge in [0, 0.05) is 18.6 Å². The Morgan fingerprint density at radius 3 is 2.83 bits per heavy atom. The minimum atomic E-state index is 0.748. The number of nitrogens with zero attached hydrogens (tertiary/aromatic N) is 1. The maximum absolute atomic E-state index is 5.50. The number of likely N-dealkylation sites (tertiary alicyclic amines) is 1. The maximum atomic E-state index is 5.50. The Hall–Kier alpha value is -0.0100. The van der Waals surface area contributed by atoms with Gasteiger partial charge >= 0.3 is 0 Å². The van der Waals surface area contributed by atoms with E-state index in [0.29, 0.717) is 0 Å². The number of halogens is 1. The van der Waals surface area contributed by atoms with Crippen LogP contribution in [0.2, 0.25) is 0 Å². The zero-order valence-corrected chi connectivity index (χ0v) is 8.19. The van der Waals surface area contributed by atoms with Gasteiger partial charge in [-0.1, -0.05) is 17.7 Å². The van der Waals surface area contributed by atoms with Crippen LogP contribution in [-0.2, 0) is 0 Å². The lowest BCUT2D eigenvalue weighted by Crippen LogP contribution is -2.36. The van der Waals surface area contributed by atoms with Gasteiger partial charge in [0.1, 0.15) is 0 Å². The molecule has 0 aromatic rings. The first-order valence-electron chi connectivity index (χ1n) is 4.82. The molecule has 1 aliphatic heterocycles. The van der Waals surface area contributed by atoms with Crippen LogP contribution in [0.3, 0.4) is 0 Å². The number of hydrogen-bond acceptors (Lipinski definition) is 1. The summed E-state index contributed by atoms with van der Waals surface area (Å²) in [5.74, 6) is 0. The van der Waals surface area contributed by atoms with Crippen LogP contribution in [0.25, 0.3) is 0 Å². The predicted octanol–water partition coefficient (Wildman–Crippen LogP) is 2.61. The molecule has 2 fully saturated rings. The Labute approximate surface area is 79.4 Å². The van der Waals surface area contributed by atoms with Gasteiger partial charge in [-0.25, -0.2) is 0 Å². The summed E-state index contributed by atoms with van der Waals surface area (Å²) in [6.45, 7) is 3.63. The lowest BCUT2D eigenvalue weighted by molar-refractivity contribution is 0.176. The van der Waals surface area contributed by atoms with E-state index < -0.39 is 0 Å². The Morgan fingerprint density at radius 1 is 1.33 bits per heavy atom. The zero-order chi connectivity index (χ0) is 8.44. The van der Waals surface area contributed by atoms with E-state index in [-0.39, 0.29) is 0 Å². The summed E-state index contributed by atoms with van der Waals surface area (Å²) in [6, 6.07) is 0. The van der Waals surface area contributed by atoms with Crippen LogP contribution in [0.1, 0.15) is 25.7 Å². The average molecular weight is 186 g/mol. The highest BCUT2D eigenvalue weighted by Crippen LogP contribution is 2.51. The molecule has 0 bridgehead atoms. The molecule has 1 saturated heterocycles. The molecular weight excluding hydrogens is 170 g/mol. The molecule has 2 aliphatic rings. The molecule has 2 rings (SSSR count). The van der Waals surface area contributed by atoms with E-state index in [0.717, 1.165) is 12.0 Å². The molecule has 0 aromatic carbocycles. The summed E-state index contributed by atoms with van der Waals surface area (Å²) in [5.41, 5.74) is 2.38. The summed E-state index contributed by atoms with van der Waals surface area (Å²) in [6.07, 6.45) is 7.83. The quantitative estimate of drug-likeness (QED) is 0.640. The van der Waals surface area contributed by atoms with Crippen LogP contribution in [-0.4, -0.2) is 24.5 Å². The van der Waals surface area contributed by atoms with Gasteiger partial charge in [-0.3, -0.25) is 4.90 Å². The topological polar surface area (TPSA) is 3.24 Å². The summed E-state index contributed by atoms with van der Waals surface area (Å²) in [5, 5.41) is 0. The second-order valence-corrected chi connectivity index (χ2v) is 4.45. The van der Waals surface area contributed by atoms with E-state index in [1.54, 1.807) is 5.54 Å². The third kappa shape index (κ3) is 1.83. The van der Waals surface area contributed by atoms with Crippen molar-refractivity contribution in [2.24, 2.45) is 5.41 Å². The number of piperidine rings is 1. The van der Waals surface area contributed by atoms with Crippen molar-refractivity contribution in [3.8, 4) is 0 Å². The summed E-state index contributed by atoms with van der Waals surface area (Å²) >= 11 is 5.50. The molecule has 2 heteroatoms. The first kappa shape index (κ1) is 8.58. The molecule has 1 spiro atoms. The third-order valence-corrected chi connectivity index (χ3v) is 3.33. The first-order valence-corrected chi connectivity index (χ1v) is 5.26. The van der Waals surface area contributed by atoms with Gasteiger partial charge in [0.2, 0.25) is 0 Å². The van der Waals surface area contributed by atoms with Crippen molar-refractivity contribution < 1.29 is 0 Å². The Morgan fingerprint density at radius 2 is 2.17 bits per heavy atom. The molecule has 0 N–H and O–H groups in total. The van der Waals surface area contributed by atoms with Crippen LogP contribution in [0.4, 0.5) is 0 Å². The fourth-order valence-corrected chi connectivity index (χ4v) is 2.32. The lowest BCUT2D eigenvalue weighted by atomic mass is 9.95. The van der Waals surface area contributed by atoms with Crippen molar-refractivity contribution in [1.29, 1.82) is 0 Å². The molecular formula is C10H16ClN. The van der Waals surface area contributed by atoms with Crippen molar-refractivity contribution in [2.45, 2.75) is 25.7 Å². The summed E-state index contributed by atoms with van der Waals surface area (Å²) in [4.78, 5) is 2.52. The molecule has 0 atom stereocenters. The van der Waals surface area contributed by atoms with Gasteiger partial charge in [0.05, 0.1) is 0 Å². The van der Waals surface area contributed by atoms with Gasteiger partial charge in [0.15, 0.2) is 0 Å². The van der Waals surface area contributed by atoms with Crippen molar-refractivity contribution in [3.05, 3.63) is 11.6 Å². The van der Waals surface area contributed by atoms with E-state index in [1.165, 1.54) is 38.8 Å². The molecule has 12 heavy (non-hydrogen) atoms. The van der Waals surface area contributed by atoms with E-state index in [1.807, 2.05) is 6.08 Å². The maximum Gasteiger partial charge on any atom is 0.0175 e. The molecule has 0 unspecified atom stereocenters. The van der Waals surface area contributed by atoms with Crippen LogP contribution in [0.5, 0.6) is 0 Å². The first-order chi connectivity index (χ1) is 5.85. The van der Waals surface area contributed by atoms with Crippen LogP contribution in [0, 0.1) is 5.41 Å². The van der Waals surface area contributed by atoms with Crippen molar-refractivity contribution in [2.75, 3.05) is 19.6 Å². The molecule has 1 heterocycles. The van der Waals surface area contributed by atoms with E-state index >= 15 is 0 Å². The predicted molar refractivity (Wildman–Crippen MR) is 52.3 cm³/mol. The highest BCUT2D eigenvalue weighted by Gasteiger charge is 2.44. The highest BCUT2D eigenvalue weighted by atomic mass is 35.5. The minimum Gasteiger partial charge on any atom is -0.299 e. The smallest absolute Gasteiger partial charge is 0.0175 e.